The van der Waals surface area contributed by atoms with Gasteiger partial charge in [0.1, 0.15) is 16.7 Å². The third kappa shape index (κ3) is 5.34. The van der Waals surface area contributed by atoms with Crippen molar-refractivity contribution in [3.05, 3.63) is 205 Å². The number of hydrogen-bond donors (Lipinski definition) is 0. The number of benzene rings is 9. The SMILES string of the molecule is CC1(C)c2ccccc2-c2c(N(c3ccc(-c4cccc5oc6cc7oc(-c8ccccc8)nc7cc6c45)cc3)c3cccc(-c4ccc5ccccc5c4)c3)cccc21. The topological polar surface area (TPSA) is 42.4 Å². The van der Waals surface area contributed by atoms with E-state index in [2.05, 4.69) is 170 Å². The number of nitrogens with zero attached hydrogens (tertiary/aromatic N) is 2. The van der Waals surface area contributed by atoms with Gasteiger partial charge in [-0.25, -0.2) is 4.98 Å². The van der Waals surface area contributed by atoms with Crippen LogP contribution >= 0.6 is 0 Å². The molecule has 0 atom stereocenters. The van der Waals surface area contributed by atoms with Crippen LogP contribution in [-0.4, -0.2) is 4.98 Å². The Kier molecular flexibility index (Phi) is 7.54. The van der Waals surface area contributed by atoms with Crippen molar-refractivity contribution >= 4 is 60.9 Å². The molecule has 60 heavy (non-hydrogen) atoms. The van der Waals surface area contributed by atoms with E-state index < -0.39 is 0 Å². The fraction of sp³-hybridized carbons (Fsp3) is 0.0536. The van der Waals surface area contributed by atoms with Gasteiger partial charge in [-0.05, 0) is 110 Å². The largest absolute Gasteiger partial charge is 0.456 e. The van der Waals surface area contributed by atoms with Gasteiger partial charge in [0.2, 0.25) is 5.89 Å². The molecule has 2 heterocycles. The van der Waals surface area contributed by atoms with Crippen LogP contribution < -0.4 is 4.90 Å². The Hall–Kier alpha value is -7.69. The van der Waals surface area contributed by atoms with E-state index >= 15 is 0 Å². The van der Waals surface area contributed by atoms with E-state index in [-0.39, 0.29) is 5.41 Å². The molecule has 0 unspecified atom stereocenters. The van der Waals surface area contributed by atoms with Crippen LogP contribution in [0, 0.1) is 0 Å². The van der Waals surface area contributed by atoms with Gasteiger partial charge in [0.25, 0.3) is 0 Å². The summed E-state index contributed by atoms with van der Waals surface area (Å²) in [7, 11) is 0. The van der Waals surface area contributed by atoms with Crippen LogP contribution in [0.1, 0.15) is 25.0 Å². The highest BCUT2D eigenvalue weighted by molar-refractivity contribution is 6.15. The van der Waals surface area contributed by atoms with Crippen molar-refractivity contribution in [3.63, 3.8) is 0 Å². The predicted molar refractivity (Wildman–Crippen MR) is 247 cm³/mol. The molecule has 0 aliphatic heterocycles. The first-order valence-corrected chi connectivity index (χ1v) is 20.5. The second-order valence-corrected chi connectivity index (χ2v) is 16.3. The zero-order valence-electron chi connectivity index (χ0n) is 33.2. The molecule has 2 aromatic heterocycles. The molecule has 4 nitrogen and oxygen atoms in total. The average Bonchev–Trinajstić information content (AvgIpc) is 3.96. The van der Waals surface area contributed by atoms with Crippen molar-refractivity contribution in [3.8, 4) is 44.8 Å². The minimum Gasteiger partial charge on any atom is -0.456 e. The smallest absolute Gasteiger partial charge is 0.227 e. The van der Waals surface area contributed by atoms with Gasteiger partial charge in [-0.2, -0.15) is 0 Å². The maximum Gasteiger partial charge on any atom is 0.227 e. The quantitative estimate of drug-likeness (QED) is 0.169. The van der Waals surface area contributed by atoms with E-state index in [0.29, 0.717) is 11.5 Å². The second-order valence-electron chi connectivity index (χ2n) is 16.3. The lowest BCUT2D eigenvalue weighted by molar-refractivity contribution is 0.617. The summed E-state index contributed by atoms with van der Waals surface area (Å²) in [6.45, 7) is 4.69. The van der Waals surface area contributed by atoms with Gasteiger partial charge in [0.05, 0.1) is 5.69 Å². The fourth-order valence-electron chi connectivity index (χ4n) is 9.52. The van der Waals surface area contributed by atoms with Crippen LogP contribution in [0.15, 0.2) is 203 Å². The number of fused-ring (bicyclic) bond motifs is 8. The lowest BCUT2D eigenvalue weighted by atomic mass is 9.82. The number of anilines is 3. The molecule has 1 aliphatic rings. The Labute approximate surface area is 347 Å². The molecule has 0 saturated carbocycles. The Bertz CT molecular complexity index is 3460. The number of oxazole rings is 1. The van der Waals surface area contributed by atoms with Crippen molar-refractivity contribution < 1.29 is 8.83 Å². The minimum atomic E-state index is -0.128. The number of aromatic nitrogens is 1. The van der Waals surface area contributed by atoms with Gasteiger partial charge in [0.15, 0.2) is 5.58 Å². The van der Waals surface area contributed by atoms with Gasteiger partial charge >= 0.3 is 0 Å². The van der Waals surface area contributed by atoms with Crippen molar-refractivity contribution in [2.75, 3.05) is 4.90 Å². The summed E-state index contributed by atoms with van der Waals surface area (Å²) in [5.41, 5.74) is 17.1. The summed E-state index contributed by atoms with van der Waals surface area (Å²) < 4.78 is 12.7. The van der Waals surface area contributed by atoms with Crippen molar-refractivity contribution in [1.82, 2.24) is 4.98 Å². The molecule has 0 saturated heterocycles. The van der Waals surface area contributed by atoms with E-state index in [0.717, 1.165) is 61.2 Å². The lowest BCUT2D eigenvalue weighted by Crippen LogP contribution is -2.16. The summed E-state index contributed by atoms with van der Waals surface area (Å²) in [5.74, 6) is 0.599. The predicted octanol–water partition coefficient (Wildman–Crippen LogP) is 15.7. The van der Waals surface area contributed by atoms with Gasteiger partial charge in [0, 0.05) is 44.8 Å². The molecule has 0 N–H and O–H groups in total. The van der Waals surface area contributed by atoms with Gasteiger partial charge in [-0.3, -0.25) is 0 Å². The Morgan fingerprint density at radius 2 is 1.15 bits per heavy atom. The minimum absolute atomic E-state index is 0.128. The molecule has 1 aliphatic carbocycles. The van der Waals surface area contributed by atoms with Crippen molar-refractivity contribution in [1.29, 1.82) is 0 Å². The first-order chi connectivity index (χ1) is 29.5. The zero-order valence-corrected chi connectivity index (χ0v) is 33.2. The zero-order chi connectivity index (χ0) is 40.0. The van der Waals surface area contributed by atoms with E-state index in [1.54, 1.807) is 0 Å². The van der Waals surface area contributed by atoms with E-state index in [4.69, 9.17) is 13.8 Å². The maximum atomic E-state index is 6.48. The summed E-state index contributed by atoms with van der Waals surface area (Å²) in [5, 5.41) is 4.54. The van der Waals surface area contributed by atoms with Crippen LogP contribution in [0.3, 0.4) is 0 Å². The highest BCUT2D eigenvalue weighted by Crippen LogP contribution is 2.54. The monoisotopic (exact) mass is 770 g/mol. The fourth-order valence-corrected chi connectivity index (χ4v) is 9.52. The van der Waals surface area contributed by atoms with Gasteiger partial charge < -0.3 is 13.7 Å². The third-order valence-electron chi connectivity index (χ3n) is 12.5. The molecule has 0 amide bonds. The molecule has 0 radical (unpaired) electrons. The molecular formula is C56H38N2O2. The van der Waals surface area contributed by atoms with E-state index in [1.807, 2.05) is 42.5 Å². The Morgan fingerprint density at radius 1 is 0.450 bits per heavy atom. The van der Waals surface area contributed by atoms with Crippen LogP contribution in [0.2, 0.25) is 0 Å². The second kappa shape index (κ2) is 13.2. The molecule has 284 valence electrons. The third-order valence-corrected chi connectivity index (χ3v) is 12.5. The average molecular weight is 771 g/mol. The molecule has 0 fully saturated rings. The first kappa shape index (κ1) is 34.4. The number of hydrogen-bond acceptors (Lipinski definition) is 4. The molecule has 9 aromatic carbocycles. The molecule has 0 spiro atoms. The Morgan fingerprint density at radius 3 is 2.03 bits per heavy atom. The normalized spacial score (nSPS) is 13.0. The molecule has 4 heteroatoms. The van der Waals surface area contributed by atoms with Crippen LogP contribution in [0.4, 0.5) is 17.1 Å². The van der Waals surface area contributed by atoms with Crippen LogP contribution in [0.5, 0.6) is 0 Å². The molecule has 11 aromatic rings. The van der Waals surface area contributed by atoms with Gasteiger partial charge in [-0.15, -0.1) is 0 Å². The van der Waals surface area contributed by atoms with Crippen molar-refractivity contribution in [2.24, 2.45) is 0 Å². The first-order valence-electron chi connectivity index (χ1n) is 20.5. The maximum absolute atomic E-state index is 6.48. The number of furan rings is 1. The molecule has 12 rings (SSSR count). The Balaban J connectivity index is 1.01. The summed E-state index contributed by atoms with van der Waals surface area (Å²) in [4.78, 5) is 7.32. The highest BCUT2D eigenvalue weighted by Gasteiger charge is 2.37. The number of rotatable bonds is 6. The summed E-state index contributed by atoms with van der Waals surface area (Å²) in [6.07, 6.45) is 0. The van der Waals surface area contributed by atoms with E-state index in [9.17, 15) is 0 Å². The van der Waals surface area contributed by atoms with Crippen molar-refractivity contribution in [2.45, 2.75) is 19.3 Å². The molecular weight excluding hydrogens is 733 g/mol. The molecule has 0 bridgehead atoms. The standard InChI is InChI=1S/C56H38N2O2/c1-56(2)46-21-9-8-19-44(46)54-47(56)22-12-23-49(54)58(42-18-10-17-39(32-42)40-26-25-35-13-6-7-16-38(35)31-40)41-29-27-36(28-30-41)43-20-11-24-50-53(43)45-33-48-52(34-51(45)59-50)60-55(57-48)37-14-4-3-5-15-37/h3-34H,1-2H3. The van der Waals surface area contributed by atoms with Crippen LogP contribution in [-0.2, 0) is 5.41 Å². The summed E-state index contributed by atoms with van der Waals surface area (Å²) >= 11 is 0. The summed E-state index contributed by atoms with van der Waals surface area (Å²) in [6, 6.07) is 69.3. The van der Waals surface area contributed by atoms with E-state index in [1.165, 1.54) is 44.2 Å². The highest BCUT2D eigenvalue weighted by atomic mass is 16.4. The van der Waals surface area contributed by atoms with Crippen LogP contribution in [0.25, 0.3) is 88.6 Å². The lowest BCUT2D eigenvalue weighted by Gasteiger charge is -2.29. The van der Waals surface area contributed by atoms with Gasteiger partial charge in [-0.1, -0.05) is 141 Å².